The molecule has 0 radical (unpaired) electrons. The van der Waals surface area contributed by atoms with E-state index in [4.69, 9.17) is 11.6 Å². The van der Waals surface area contributed by atoms with Gasteiger partial charge < -0.3 is 5.32 Å². The summed E-state index contributed by atoms with van der Waals surface area (Å²) in [4.78, 5) is 0. The summed E-state index contributed by atoms with van der Waals surface area (Å²) < 4.78 is 13.5. The first-order valence-electron chi connectivity index (χ1n) is 5.29. The number of benzene rings is 1. The Bertz CT molecular complexity index is 356. The fraction of sp³-hybridized carbons (Fsp3) is 0.385. The lowest BCUT2D eigenvalue weighted by molar-refractivity contribution is 0.531. The van der Waals surface area contributed by atoms with Crippen molar-refractivity contribution in [2.75, 3.05) is 7.05 Å². The van der Waals surface area contributed by atoms with Crippen LogP contribution in [0.3, 0.4) is 0 Å². The monoisotopic (exact) mass is 241 g/mol. The first-order chi connectivity index (χ1) is 7.54. The molecule has 0 aliphatic carbocycles. The molecule has 0 saturated heterocycles. The summed E-state index contributed by atoms with van der Waals surface area (Å²) in [5.41, 5.74) is 1.65. The Morgan fingerprint density at radius 2 is 2.25 bits per heavy atom. The van der Waals surface area contributed by atoms with E-state index in [9.17, 15) is 4.39 Å². The highest BCUT2D eigenvalue weighted by Gasteiger charge is 2.13. The van der Waals surface area contributed by atoms with Gasteiger partial charge in [0.25, 0.3) is 0 Å². The minimum absolute atomic E-state index is 0.173. The Kier molecular flexibility index (Phi) is 4.97. The van der Waals surface area contributed by atoms with E-state index in [0.29, 0.717) is 17.0 Å². The van der Waals surface area contributed by atoms with Gasteiger partial charge in [-0.25, -0.2) is 4.39 Å². The van der Waals surface area contributed by atoms with Gasteiger partial charge in [-0.2, -0.15) is 0 Å². The quantitative estimate of drug-likeness (QED) is 0.777. The Hall–Kier alpha value is -0.860. The highest BCUT2D eigenvalue weighted by molar-refractivity contribution is 6.31. The number of rotatable bonds is 5. The fourth-order valence-electron chi connectivity index (χ4n) is 1.67. The van der Waals surface area contributed by atoms with Crippen molar-refractivity contribution in [1.29, 1.82) is 0 Å². The molecule has 1 rings (SSSR count). The van der Waals surface area contributed by atoms with E-state index in [1.807, 2.05) is 14.0 Å². The van der Waals surface area contributed by atoms with Crippen molar-refractivity contribution >= 4 is 11.6 Å². The lowest BCUT2D eigenvalue weighted by Crippen LogP contribution is -2.28. The Balaban J connectivity index is 2.81. The summed E-state index contributed by atoms with van der Waals surface area (Å²) in [7, 11) is 1.86. The molecule has 0 fully saturated rings. The topological polar surface area (TPSA) is 12.0 Å². The van der Waals surface area contributed by atoms with E-state index in [1.165, 1.54) is 6.07 Å². The van der Waals surface area contributed by atoms with Gasteiger partial charge in [-0.15, -0.1) is 6.58 Å². The molecule has 0 aromatic heterocycles. The predicted octanol–water partition coefficient (Wildman–Crippen LogP) is 3.58. The van der Waals surface area contributed by atoms with Crippen LogP contribution in [0.2, 0.25) is 5.02 Å². The van der Waals surface area contributed by atoms with Gasteiger partial charge in [0, 0.05) is 16.6 Å². The van der Waals surface area contributed by atoms with Crippen molar-refractivity contribution in [2.45, 2.75) is 25.8 Å². The SMILES string of the molecule is C=C(C)CC(Cc1c(F)cccc1Cl)NC. The van der Waals surface area contributed by atoms with Crippen LogP contribution in [-0.2, 0) is 6.42 Å². The van der Waals surface area contributed by atoms with Gasteiger partial charge in [0.15, 0.2) is 0 Å². The van der Waals surface area contributed by atoms with E-state index < -0.39 is 0 Å². The molecular weight excluding hydrogens is 225 g/mol. The van der Waals surface area contributed by atoms with Crippen LogP contribution in [0.4, 0.5) is 4.39 Å². The van der Waals surface area contributed by atoms with Gasteiger partial charge in [0.2, 0.25) is 0 Å². The van der Waals surface area contributed by atoms with Crippen molar-refractivity contribution in [3.05, 3.63) is 46.8 Å². The molecule has 1 aromatic carbocycles. The Labute approximate surface area is 101 Å². The highest BCUT2D eigenvalue weighted by atomic mass is 35.5. The zero-order valence-electron chi connectivity index (χ0n) is 9.69. The second kappa shape index (κ2) is 6.02. The Morgan fingerprint density at radius 3 is 2.75 bits per heavy atom. The molecule has 1 aromatic rings. The third-order valence-corrected chi connectivity index (χ3v) is 2.87. The summed E-state index contributed by atoms with van der Waals surface area (Å²) in [6, 6.07) is 4.95. The summed E-state index contributed by atoms with van der Waals surface area (Å²) in [5.74, 6) is -0.241. The molecule has 0 amide bonds. The molecule has 1 unspecified atom stereocenters. The smallest absolute Gasteiger partial charge is 0.127 e. The van der Waals surface area contributed by atoms with E-state index in [0.717, 1.165) is 12.0 Å². The molecule has 0 bridgehead atoms. The fourth-order valence-corrected chi connectivity index (χ4v) is 1.91. The molecule has 88 valence electrons. The molecule has 1 N–H and O–H groups in total. The molecule has 3 heteroatoms. The van der Waals surface area contributed by atoms with Crippen molar-refractivity contribution in [3.8, 4) is 0 Å². The molecule has 0 heterocycles. The zero-order chi connectivity index (χ0) is 12.1. The van der Waals surface area contributed by atoms with Crippen molar-refractivity contribution < 1.29 is 4.39 Å². The Morgan fingerprint density at radius 1 is 1.56 bits per heavy atom. The number of hydrogen-bond donors (Lipinski definition) is 1. The number of hydrogen-bond acceptors (Lipinski definition) is 1. The summed E-state index contributed by atoms with van der Waals surface area (Å²) in [5, 5.41) is 3.64. The summed E-state index contributed by atoms with van der Waals surface area (Å²) in [6.45, 7) is 5.83. The van der Waals surface area contributed by atoms with E-state index in [1.54, 1.807) is 12.1 Å². The van der Waals surface area contributed by atoms with Gasteiger partial charge in [-0.3, -0.25) is 0 Å². The number of nitrogens with one attached hydrogen (secondary N) is 1. The van der Waals surface area contributed by atoms with Crippen LogP contribution in [0.5, 0.6) is 0 Å². The molecule has 0 aliphatic rings. The lowest BCUT2D eigenvalue weighted by Gasteiger charge is -2.17. The normalized spacial score (nSPS) is 12.5. The van der Waals surface area contributed by atoms with Crippen molar-refractivity contribution in [2.24, 2.45) is 0 Å². The zero-order valence-corrected chi connectivity index (χ0v) is 10.4. The van der Waals surface area contributed by atoms with Gasteiger partial charge in [-0.05, 0) is 38.9 Å². The van der Waals surface area contributed by atoms with Gasteiger partial charge >= 0.3 is 0 Å². The second-order valence-electron chi connectivity index (χ2n) is 4.05. The maximum atomic E-state index is 13.5. The maximum Gasteiger partial charge on any atom is 0.127 e. The van der Waals surface area contributed by atoms with Gasteiger partial charge in [-0.1, -0.05) is 23.2 Å². The molecular formula is C13H17ClFN. The second-order valence-corrected chi connectivity index (χ2v) is 4.46. The van der Waals surface area contributed by atoms with Crippen LogP contribution in [0.1, 0.15) is 18.9 Å². The highest BCUT2D eigenvalue weighted by Crippen LogP contribution is 2.21. The lowest BCUT2D eigenvalue weighted by atomic mass is 10.00. The van der Waals surface area contributed by atoms with Gasteiger partial charge in [0.1, 0.15) is 5.82 Å². The number of likely N-dealkylation sites (N-methyl/N-ethyl adjacent to an activating group) is 1. The van der Waals surface area contributed by atoms with Crippen LogP contribution < -0.4 is 5.32 Å². The predicted molar refractivity (Wildman–Crippen MR) is 67.4 cm³/mol. The van der Waals surface area contributed by atoms with Crippen molar-refractivity contribution in [3.63, 3.8) is 0 Å². The van der Waals surface area contributed by atoms with Gasteiger partial charge in [0.05, 0.1) is 0 Å². The molecule has 1 atom stereocenters. The molecule has 0 spiro atoms. The minimum Gasteiger partial charge on any atom is -0.316 e. The van der Waals surface area contributed by atoms with E-state index >= 15 is 0 Å². The van der Waals surface area contributed by atoms with Crippen LogP contribution in [0.25, 0.3) is 0 Å². The third-order valence-electron chi connectivity index (χ3n) is 2.52. The third kappa shape index (κ3) is 3.62. The van der Waals surface area contributed by atoms with E-state index in [-0.39, 0.29) is 11.9 Å². The average Bonchev–Trinajstić information content (AvgIpc) is 2.21. The van der Waals surface area contributed by atoms with Crippen molar-refractivity contribution in [1.82, 2.24) is 5.32 Å². The molecule has 0 saturated carbocycles. The summed E-state index contributed by atoms with van der Waals surface area (Å²) >= 11 is 5.98. The average molecular weight is 242 g/mol. The standard InChI is InChI=1S/C13H17ClFN/c1-9(2)7-10(16-3)8-11-12(14)5-4-6-13(11)15/h4-6,10,16H,1,7-8H2,2-3H3. The first kappa shape index (κ1) is 13.2. The summed E-state index contributed by atoms with van der Waals surface area (Å²) in [6.07, 6.45) is 1.40. The first-order valence-corrected chi connectivity index (χ1v) is 5.67. The molecule has 0 aliphatic heterocycles. The maximum absolute atomic E-state index is 13.5. The molecule has 16 heavy (non-hydrogen) atoms. The number of halogens is 2. The molecule has 1 nitrogen and oxygen atoms in total. The van der Waals surface area contributed by atoms with Crippen LogP contribution in [0, 0.1) is 5.82 Å². The minimum atomic E-state index is -0.241. The largest absolute Gasteiger partial charge is 0.316 e. The van der Waals surface area contributed by atoms with E-state index in [2.05, 4.69) is 11.9 Å². The van der Waals surface area contributed by atoms with Crippen LogP contribution in [0.15, 0.2) is 30.4 Å². The van der Waals surface area contributed by atoms with Crippen LogP contribution in [-0.4, -0.2) is 13.1 Å². The van der Waals surface area contributed by atoms with Crippen LogP contribution >= 0.6 is 11.6 Å².